The Kier molecular flexibility index (Phi) is 3.14. The highest BCUT2D eigenvalue weighted by Gasteiger charge is 2.08. The minimum Gasteiger partial charge on any atom is -0.497 e. The molecule has 0 saturated heterocycles. The minimum atomic E-state index is -0.0509. The molecule has 0 spiro atoms. The van der Waals surface area contributed by atoms with Crippen LogP contribution in [0.3, 0.4) is 0 Å². The van der Waals surface area contributed by atoms with Crippen molar-refractivity contribution in [2.75, 3.05) is 14.2 Å². The van der Waals surface area contributed by atoms with Crippen molar-refractivity contribution in [2.24, 2.45) is 5.73 Å². The molecular weight excluding hydrogens is 166 g/mol. The second kappa shape index (κ2) is 4.14. The number of methoxy groups -OCH3 is 2. The number of nitrogens with two attached hydrogens (primary N) is 1. The summed E-state index contributed by atoms with van der Waals surface area (Å²) in [7, 11) is 3.26. The van der Waals surface area contributed by atoms with Gasteiger partial charge in [-0.2, -0.15) is 0 Å². The van der Waals surface area contributed by atoms with Crippen molar-refractivity contribution in [1.82, 2.24) is 0 Å². The van der Waals surface area contributed by atoms with E-state index in [1.165, 1.54) is 0 Å². The van der Waals surface area contributed by atoms with Gasteiger partial charge in [-0.05, 0) is 25.1 Å². The zero-order valence-corrected chi connectivity index (χ0v) is 8.20. The molecule has 1 aromatic rings. The van der Waals surface area contributed by atoms with Gasteiger partial charge in [0.05, 0.1) is 14.2 Å². The molecule has 1 aromatic carbocycles. The highest BCUT2D eigenvalue weighted by atomic mass is 16.5. The third-order valence-electron chi connectivity index (χ3n) is 1.93. The summed E-state index contributed by atoms with van der Waals surface area (Å²) in [5, 5.41) is 0. The second-order valence-corrected chi connectivity index (χ2v) is 2.90. The Bertz CT molecular complexity index is 284. The summed E-state index contributed by atoms with van der Waals surface area (Å²) < 4.78 is 10.3. The van der Waals surface area contributed by atoms with Crippen molar-refractivity contribution < 1.29 is 9.47 Å². The lowest BCUT2D eigenvalue weighted by Crippen LogP contribution is -2.07. The predicted molar refractivity (Wildman–Crippen MR) is 52.1 cm³/mol. The third kappa shape index (κ3) is 2.12. The SMILES string of the molecule is COc1ccc(OC)c(C(C)N)c1. The van der Waals surface area contributed by atoms with Gasteiger partial charge in [-0.3, -0.25) is 0 Å². The van der Waals surface area contributed by atoms with E-state index in [4.69, 9.17) is 15.2 Å². The van der Waals surface area contributed by atoms with Crippen LogP contribution in [0.2, 0.25) is 0 Å². The van der Waals surface area contributed by atoms with Gasteiger partial charge in [-0.15, -0.1) is 0 Å². The molecule has 1 unspecified atom stereocenters. The van der Waals surface area contributed by atoms with E-state index in [1.54, 1.807) is 14.2 Å². The number of hydrogen-bond acceptors (Lipinski definition) is 3. The van der Waals surface area contributed by atoms with Gasteiger partial charge in [0.25, 0.3) is 0 Å². The molecule has 0 aliphatic carbocycles. The highest BCUT2D eigenvalue weighted by Crippen LogP contribution is 2.27. The van der Waals surface area contributed by atoms with Crippen LogP contribution in [0.25, 0.3) is 0 Å². The zero-order chi connectivity index (χ0) is 9.84. The molecule has 0 bridgehead atoms. The van der Waals surface area contributed by atoms with Crippen molar-refractivity contribution in [3.63, 3.8) is 0 Å². The summed E-state index contributed by atoms with van der Waals surface area (Å²) in [5.41, 5.74) is 6.74. The summed E-state index contributed by atoms with van der Waals surface area (Å²) in [4.78, 5) is 0. The number of rotatable bonds is 3. The quantitative estimate of drug-likeness (QED) is 0.772. The Hall–Kier alpha value is -1.22. The van der Waals surface area contributed by atoms with Gasteiger partial charge in [-0.25, -0.2) is 0 Å². The molecule has 0 aliphatic rings. The highest BCUT2D eigenvalue weighted by molar-refractivity contribution is 5.41. The van der Waals surface area contributed by atoms with Gasteiger partial charge in [0, 0.05) is 11.6 Å². The molecule has 3 heteroatoms. The van der Waals surface area contributed by atoms with E-state index < -0.39 is 0 Å². The summed E-state index contributed by atoms with van der Waals surface area (Å²) in [5.74, 6) is 1.60. The van der Waals surface area contributed by atoms with Gasteiger partial charge in [0.1, 0.15) is 11.5 Å². The zero-order valence-electron chi connectivity index (χ0n) is 8.20. The lowest BCUT2D eigenvalue weighted by atomic mass is 10.1. The maximum absolute atomic E-state index is 5.78. The molecule has 0 aromatic heterocycles. The van der Waals surface area contributed by atoms with Crippen LogP contribution < -0.4 is 15.2 Å². The largest absolute Gasteiger partial charge is 0.497 e. The van der Waals surface area contributed by atoms with Gasteiger partial charge >= 0.3 is 0 Å². The maximum atomic E-state index is 5.78. The van der Waals surface area contributed by atoms with Crippen molar-refractivity contribution in [3.8, 4) is 11.5 Å². The summed E-state index contributed by atoms with van der Waals surface area (Å²) in [6.07, 6.45) is 0. The van der Waals surface area contributed by atoms with E-state index in [1.807, 2.05) is 25.1 Å². The molecule has 0 fully saturated rings. The average Bonchev–Trinajstić information content (AvgIpc) is 2.16. The molecule has 3 nitrogen and oxygen atoms in total. The molecule has 0 aliphatic heterocycles. The minimum absolute atomic E-state index is 0.0509. The number of benzene rings is 1. The van der Waals surface area contributed by atoms with Gasteiger partial charge in [-0.1, -0.05) is 0 Å². The Labute approximate surface area is 78.5 Å². The van der Waals surface area contributed by atoms with Crippen LogP contribution >= 0.6 is 0 Å². The molecule has 0 amide bonds. The normalized spacial score (nSPS) is 12.3. The van der Waals surface area contributed by atoms with E-state index in [2.05, 4.69) is 0 Å². The molecular formula is C10H15NO2. The van der Waals surface area contributed by atoms with E-state index in [0.717, 1.165) is 17.1 Å². The van der Waals surface area contributed by atoms with E-state index in [9.17, 15) is 0 Å². The van der Waals surface area contributed by atoms with Crippen molar-refractivity contribution in [1.29, 1.82) is 0 Å². The first-order chi connectivity index (χ1) is 6.19. The van der Waals surface area contributed by atoms with Crippen LogP contribution in [-0.2, 0) is 0 Å². The fourth-order valence-electron chi connectivity index (χ4n) is 1.20. The Balaban J connectivity index is 3.10. The number of ether oxygens (including phenoxy) is 2. The second-order valence-electron chi connectivity index (χ2n) is 2.90. The predicted octanol–water partition coefficient (Wildman–Crippen LogP) is 1.72. The monoisotopic (exact) mass is 181 g/mol. The molecule has 0 heterocycles. The molecule has 13 heavy (non-hydrogen) atoms. The molecule has 0 radical (unpaired) electrons. The lowest BCUT2D eigenvalue weighted by Gasteiger charge is -2.12. The van der Waals surface area contributed by atoms with Gasteiger partial charge in [0.15, 0.2) is 0 Å². The van der Waals surface area contributed by atoms with Crippen molar-refractivity contribution >= 4 is 0 Å². The first-order valence-electron chi connectivity index (χ1n) is 4.16. The van der Waals surface area contributed by atoms with Gasteiger partial charge < -0.3 is 15.2 Å². The molecule has 2 N–H and O–H groups in total. The Morgan fingerprint density at radius 3 is 2.38 bits per heavy atom. The molecule has 1 rings (SSSR count). The lowest BCUT2D eigenvalue weighted by molar-refractivity contribution is 0.396. The summed E-state index contributed by atoms with van der Waals surface area (Å²) in [6, 6.07) is 5.55. The van der Waals surface area contributed by atoms with E-state index in [0.29, 0.717) is 0 Å². The first kappa shape index (κ1) is 9.86. The maximum Gasteiger partial charge on any atom is 0.123 e. The average molecular weight is 181 g/mol. The standard InChI is InChI=1S/C10H15NO2/c1-7(11)9-6-8(12-2)4-5-10(9)13-3/h4-7H,11H2,1-3H3. The van der Waals surface area contributed by atoms with Crippen LogP contribution in [0.15, 0.2) is 18.2 Å². The first-order valence-corrected chi connectivity index (χ1v) is 4.16. The Morgan fingerprint density at radius 2 is 1.92 bits per heavy atom. The Morgan fingerprint density at radius 1 is 1.23 bits per heavy atom. The van der Waals surface area contributed by atoms with Crippen LogP contribution in [0.4, 0.5) is 0 Å². The van der Waals surface area contributed by atoms with E-state index in [-0.39, 0.29) is 6.04 Å². The molecule has 0 saturated carbocycles. The fraction of sp³-hybridized carbons (Fsp3) is 0.400. The van der Waals surface area contributed by atoms with Gasteiger partial charge in [0.2, 0.25) is 0 Å². The van der Waals surface area contributed by atoms with Crippen LogP contribution in [0.1, 0.15) is 18.5 Å². The van der Waals surface area contributed by atoms with E-state index >= 15 is 0 Å². The smallest absolute Gasteiger partial charge is 0.123 e. The van der Waals surface area contributed by atoms with Crippen LogP contribution in [-0.4, -0.2) is 14.2 Å². The third-order valence-corrected chi connectivity index (χ3v) is 1.93. The van der Waals surface area contributed by atoms with Crippen molar-refractivity contribution in [3.05, 3.63) is 23.8 Å². The summed E-state index contributed by atoms with van der Waals surface area (Å²) >= 11 is 0. The fourth-order valence-corrected chi connectivity index (χ4v) is 1.20. The molecule has 72 valence electrons. The summed E-state index contributed by atoms with van der Waals surface area (Å²) in [6.45, 7) is 1.91. The van der Waals surface area contributed by atoms with Crippen LogP contribution in [0.5, 0.6) is 11.5 Å². The number of hydrogen-bond donors (Lipinski definition) is 1. The topological polar surface area (TPSA) is 44.5 Å². The van der Waals surface area contributed by atoms with Crippen LogP contribution in [0, 0.1) is 0 Å². The molecule has 1 atom stereocenters. The van der Waals surface area contributed by atoms with Crippen molar-refractivity contribution in [2.45, 2.75) is 13.0 Å².